The third-order valence-corrected chi connectivity index (χ3v) is 5.27. The number of hydrogen-bond donors (Lipinski definition) is 1. The number of hydrogen-bond acceptors (Lipinski definition) is 3. The lowest BCUT2D eigenvalue weighted by Crippen LogP contribution is -2.45. The molecule has 0 aromatic carbocycles. The molecule has 0 radical (unpaired) electrons. The molecule has 1 N–H and O–H groups in total. The fourth-order valence-electron chi connectivity index (χ4n) is 3.39. The van der Waals surface area contributed by atoms with Crippen LogP contribution in [0.1, 0.15) is 32.1 Å². The van der Waals surface area contributed by atoms with Crippen molar-refractivity contribution in [2.45, 2.75) is 38.1 Å². The largest absolute Gasteiger partial charge is 0.340 e. The summed E-state index contributed by atoms with van der Waals surface area (Å²) in [5.41, 5.74) is 0.422. The first-order chi connectivity index (χ1) is 8.19. The maximum Gasteiger partial charge on any atom is 0.279 e. The molecule has 0 bridgehead atoms. The lowest BCUT2D eigenvalue weighted by molar-refractivity contribution is -0.131. The minimum absolute atomic E-state index is 0.0573. The highest BCUT2D eigenvalue weighted by Gasteiger charge is 2.43. The van der Waals surface area contributed by atoms with E-state index in [9.17, 15) is 9.59 Å². The number of nitrogens with zero attached hydrogens (tertiary/aromatic N) is 1. The van der Waals surface area contributed by atoms with Crippen molar-refractivity contribution >= 4 is 22.9 Å². The van der Waals surface area contributed by atoms with E-state index in [4.69, 9.17) is 0 Å². The molecular formula is C12H18N2O2S. The van der Waals surface area contributed by atoms with Gasteiger partial charge in [0, 0.05) is 18.8 Å². The summed E-state index contributed by atoms with van der Waals surface area (Å²) < 4.78 is 0. The minimum Gasteiger partial charge on any atom is -0.340 e. The van der Waals surface area contributed by atoms with Gasteiger partial charge in [-0.1, -0.05) is 24.6 Å². The van der Waals surface area contributed by atoms with Crippen molar-refractivity contribution in [1.29, 1.82) is 0 Å². The number of thioether (sulfide) groups is 1. The van der Waals surface area contributed by atoms with E-state index in [0.717, 1.165) is 19.5 Å². The van der Waals surface area contributed by atoms with Gasteiger partial charge >= 0.3 is 0 Å². The number of amides is 2. The minimum atomic E-state index is -0.274. The first-order valence-corrected chi connectivity index (χ1v) is 7.39. The zero-order valence-corrected chi connectivity index (χ0v) is 10.7. The second-order valence-electron chi connectivity index (χ2n) is 5.51. The average Bonchev–Trinajstić information content (AvgIpc) is 3.02. The molecule has 17 heavy (non-hydrogen) atoms. The van der Waals surface area contributed by atoms with Crippen LogP contribution in [0.15, 0.2) is 0 Å². The Morgan fingerprint density at radius 2 is 2.12 bits per heavy atom. The monoisotopic (exact) mass is 254 g/mol. The van der Waals surface area contributed by atoms with Gasteiger partial charge in [0.15, 0.2) is 0 Å². The molecule has 0 aromatic heterocycles. The summed E-state index contributed by atoms with van der Waals surface area (Å²) in [5, 5.41) is 2.69. The van der Waals surface area contributed by atoms with E-state index in [1.54, 1.807) is 0 Å². The van der Waals surface area contributed by atoms with E-state index >= 15 is 0 Å². The van der Waals surface area contributed by atoms with Crippen molar-refractivity contribution in [2.75, 3.05) is 18.8 Å². The Bertz CT molecular complexity index is 352. The molecule has 0 aromatic rings. The summed E-state index contributed by atoms with van der Waals surface area (Å²) in [6.07, 6.45) is 6.35. The Morgan fingerprint density at radius 3 is 2.76 bits per heavy atom. The Kier molecular flexibility index (Phi) is 2.81. The Labute approximate surface area is 105 Å². The average molecular weight is 254 g/mol. The van der Waals surface area contributed by atoms with Crippen molar-refractivity contribution in [3.05, 3.63) is 0 Å². The third kappa shape index (κ3) is 2.05. The number of carbonyl (C=O) groups excluding carboxylic acids is 2. The number of likely N-dealkylation sites (tertiary alicyclic amines) is 1. The van der Waals surface area contributed by atoms with Gasteiger partial charge in [-0.3, -0.25) is 9.59 Å². The third-order valence-electron chi connectivity index (χ3n) is 4.39. The van der Waals surface area contributed by atoms with Crippen LogP contribution in [0.4, 0.5) is 4.79 Å². The van der Waals surface area contributed by atoms with Gasteiger partial charge in [0.2, 0.25) is 5.91 Å². The molecule has 4 nitrogen and oxygen atoms in total. The molecule has 1 spiro atoms. The Morgan fingerprint density at radius 1 is 1.35 bits per heavy atom. The van der Waals surface area contributed by atoms with Gasteiger partial charge in [0.1, 0.15) is 6.04 Å². The first-order valence-electron chi connectivity index (χ1n) is 6.41. The Hall–Kier alpha value is -0.710. The summed E-state index contributed by atoms with van der Waals surface area (Å²) in [6, 6.07) is -0.274. The summed E-state index contributed by atoms with van der Waals surface area (Å²) in [7, 11) is 0. The molecule has 1 atom stereocenters. The molecule has 94 valence electrons. The summed E-state index contributed by atoms with van der Waals surface area (Å²) in [4.78, 5) is 25.3. The normalized spacial score (nSPS) is 31.2. The van der Waals surface area contributed by atoms with Crippen molar-refractivity contribution in [2.24, 2.45) is 5.41 Å². The van der Waals surface area contributed by atoms with Gasteiger partial charge in [-0.2, -0.15) is 0 Å². The molecule has 1 saturated carbocycles. The highest BCUT2D eigenvalue weighted by molar-refractivity contribution is 8.14. The molecule has 0 unspecified atom stereocenters. The van der Waals surface area contributed by atoms with Gasteiger partial charge in [-0.05, 0) is 24.7 Å². The molecule has 2 amide bonds. The topological polar surface area (TPSA) is 49.4 Å². The van der Waals surface area contributed by atoms with E-state index in [0.29, 0.717) is 11.2 Å². The van der Waals surface area contributed by atoms with Gasteiger partial charge in [-0.15, -0.1) is 0 Å². The van der Waals surface area contributed by atoms with Crippen LogP contribution in [0, 0.1) is 5.41 Å². The van der Waals surface area contributed by atoms with Crippen LogP contribution < -0.4 is 5.32 Å². The van der Waals surface area contributed by atoms with E-state index in [2.05, 4.69) is 5.32 Å². The molecule has 2 aliphatic heterocycles. The zero-order valence-electron chi connectivity index (χ0n) is 9.91. The highest BCUT2D eigenvalue weighted by Crippen LogP contribution is 2.45. The summed E-state index contributed by atoms with van der Waals surface area (Å²) >= 11 is 1.22. The van der Waals surface area contributed by atoms with E-state index in [-0.39, 0.29) is 17.2 Å². The quantitative estimate of drug-likeness (QED) is 0.773. The van der Waals surface area contributed by atoms with Gasteiger partial charge in [-0.25, -0.2) is 0 Å². The molecule has 3 fully saturated rings. The van der Waals surface area contributed by atoms with Crippen LogP contribution >= 0.6 is 11.8 Å². The molecule has 2 heterocycles. The van der Waals surface area contributed by atoms with E-state index < -0.39 is 0 Å². The van der Waals surface area contributed by atoms with Crippen LogP contribution in [0.5, 0.6) is 0 Å². The van der Waals surface area contributed by atoms with Crippen molar-refractivity contribution in [3.63, 3.8) is 0 Å². The number of carbonyl (C=O) groups is 2. The van der Waals surface area contributed by atoms with Crippen LogP contribution in [-0.2, 0) is 4.79 Å². The number of nitrogens with one attached hydrogen (secondary N) is 1. The lowest BCUT2D eigenvalue weighted by Gasteiger charge is -2.24. The van der Waals surface area contributed by atoms with E-state index in [1.165, 1.54) is 37.4 Å². The first kappa shape index (κ1) is 11.4. The highest BCUT2D eigenvalue weighted by atomic mass is 32.2. The molecule has 1 aliphatic carbocycles. The molecule has 3 rings (SSSR count). The second kappa shape index (κ2) is 4.19. The second-order valence-corrected chi connectivity index (χ2v) is 6.51. The van der Waals surface area contributed by atoms with Gasteiger partial charge < -0.3 is 10.2 Å². The van der Waals surface area contributed by atoms with Crippen molar-refractivity contribution < 1.29 is 9.59 Å². The van der Waals surface area contributed by atoms with Crippen LogP contribution in [-0.4, -0.2) is 40.9 Å². The summed E-state index contributed by atoms with van der Waals surface area (Å²) in [5.74, 6) is 0.730. The predicted molar refractivity (Wildman–Crippen MR) is 66.9 cm³/mol. The fourth-order valence-corrected chi connectivity index (χ4v) is 4.16. The molecule has 3 aliphatic rings. The maximum absolute atomic E-state index is 12.2. The maximum atomic E-state index is 12.2. The lowest BCUT2D eigenvalue weighted by atomic mass is 9.86. The molecule has 2 saturated heterocycles. The van der Waals surface area contributed by atoms with Crippen LogP contribution in [0.25, 0.3) is 0 Å². The molecular weight excluding hydrogens is 236 g/mol. The SMILES string of the molecule is O=C1N[C@@H](C(=O)N2CCC3(CCCC3)C2)CS1. The smallest absolute Gasteiger partial charge is 0.279 e. The summed E-state index contributed by atoms with van der Waals surface area (Å²) in [6.45, 7) is 1.80. The van der Waals surface area contributed by atoms with Crippen LogP contribution in [0.3, 0.4) is 0 Å². The number of rotatable bonds is 1. The van der Waals surface area contributed by atoms with Crippen molar-refractivity contribution in [3.8, 4) is 0 Å². The fraction of sp³-hybridized carbons (Fsp3) is 0.833. The zero-order chi connectivity index (χ0) is 11.9. The molecule has 5 heteroatoms. The predicted octanol–water partition coefficient (Wildman–Crippen LogP) is 1.60. The standard InChI is InChI=1S/C12H18N2O2S/c15-10(9-7-17-11(16)13-9)14-6-5-12(8-14)3-1-2-4-12/h9H,1-8H2,(H,13,16)/t9-/m1/s1. The van der Waals surface area contributed by atoms with E-state index in [1.807, 2.05) is 4.90 Å². The van der Waals surface area contributed by atoms with Crippen LogP contribution in [0.2, 0.25) is 0 Å². The van der Waals surface area contributed by atoms with Crippen molar-refractivity contribution in [1.82, 2.24) is 10.2 Å². The van der Waals surface area contributed by atoms with Gasteiger partial charge in [0.05, 0.1) is 0 Å². The Balaban J connectivity index is 1.62. The van der Waals surface area contributed by atoms with Gasteiger partial charge in [0.25, 0.3) is 5.24 Å².